The number of hydrogen-bond acceptors (Lipinski definition) is 0. The molecule has 0 heteroatoms. The fraction of sp³-hybridized carbons (Fsp3) is 0.231. The van der Waals surface area contributed by atoms with Crippen LogP contribution in [0.2, 0.25) is 0 Å². The summed E-state index contributed by atoms with van der Waals surface area (Å²) in [5, 5.41) is 0. The fourth-order valence-electron chi connectivity index (χ4n) is 3.57. The van der Waals surface area contributed by atoms with Crippen molar-refractivity contribution >= 4 is 5.57 Å². The monoisotopic (exact) mass is 340 g/mol. The van der Waals surface area contributed by atoms with Gasteiger partial charge in [-0.15, -0.1) is 0 Å². The molecule has 0 unspecified atom stereocenters. The molecule has 0 fully saturated rings. The summed E-state index contributed by atoms with van der Waals surface area (Å²) in [6.45, 7) is 10.9. The zero-order chi connectivity index (χ0) is 18.5. The molecule has 0 saturated heterocycles. The zero-order valence-electron chi connectivity index (χ0n) is 16.2. The van der Waals surface area contributed by atoms with E-state index in [4.69, 9.17) is 0 Å². The Bertz CT molecular complexity index is 901. The van der Waals surface area contributed by atoms with Crippen molar-refractivity contribution in [3.63, 3.8) is 0 Å². The molecular weight excluding hydrogens is 312 g/mol. The fourth-order valence-corrected chi connectivity index (χ4v) is 3.57. The molecule has 3 aromatic rings. The molecule has 0 heterocycles. The van der Waals surface area contributed by atoms with E-state index in [2.05, 4.69) is 94.1 Å². The Kier molecular flexibility index (Phi) is 5.73. The number of allylic oxidation sites excluding steroid dienone is 1. The van der Waals surface area contributed by atoms with Crippen molar-refractivity contribution in [2.45, 2.75) is 40.0 Å². The third-order valence-electron chi connectivity index (χ3n) is 5.12. The minimum Gasteiger partial charge on any atom is -0.0952 e. The molecule has 0 atom stereocenters. The Morgan fingerprint density at radius 1 is 0.769 bits per heavy atom. The lowest BCUT2D eigenvalue weighted by molar-refractivity contribution is 1.02. The van der Waals surface area contributed by atoms with Crippen LogP contribution in [0.1, 0.15) is 45.4 Å². The van der Waals surface area contributed by atoms with E-state index in [9.17, 15) is 0 Å². The van der Waals surface area contributed by atoms with Gasteiger partial charge in [-0.25, -0.2) is 0 Å². The first kappa shape index (κ1) is 18.2. The van der Waals surface area contributed by atoms with Gasteiger partial charge in [0.2, 0.25) is 0 Å². The second-order valence-electron chi connectivity index (χ2n) is 7.35. The van der Waals surface area contributed by atoms with Crippen LogP contribution in [-0.2, 0) is 12.8 Å². The maximum Gasteiger partial charge on any atom is -0.00230 e. The molecule has 0 saturated carbocycles. The van der Waals surface area contributed by atoms with E-state index in [0.717, 1.165) is 19.3 Å². The Morgan fingerprint density at radius 2 is 1.54 bits per heavy atom. The predicted molar refractivity (Wildman–Crippen MR) is 114 cm³/mol. The molecule has 0 bridgehead atoms. The van der Waals surface area contributed by atoms with Gasteiger partial charge >= 0.3 is 0 Å². The summed E-state index contributed by atoms with van der Waals surface area (Å²) in [5.74, 6) is 0. The van der Waals surface area contributed by atoms with Crippen molar-refractivity contribution in [3.8, 4) is 0 Å². The molecular formula is C26H28. The topological polar surface area (TPSA) is 0 Å². The van der Waals surface area contributed by atoms with Gasteiger partial charge in [0, 0.05) is 0 Å². The van der Waals surface area contributed by atoms with Gasteiger partial charge in [0.1, 0.15) is 0 Å². The Hall–Kier alpha value is -2.60. The van der Waals surface area contributed by atoms with Crippen LogP contribution in [0, 0.1) is 20.8 Å². The molecule has 0 nitrogen and oxygen atoms in total. The first-order valence-electron chi connectivity index (χ1n) is 9.40. The molecule has 3 aromatic carbocycles. The lowest BCUT2D eigenvalue weighted by atomic mass is 9.92. The second-order valence-corrected chi connectivity index (χ2v) is 7.35. The van der Waals surface area contributed by atoms with Crippen molar-refractivity contribution in [1.82, 2.24) is 0 Å². The van der Waals surface area contributed by atoms with Gasteiger partial charge in [-0.3, -0.25) is 0 Å². The Balaban J connectivity index is 1.69. The Morgan fingerprint density at radius 3 is 2.23 bits per heavy atom. The highest BCUT2D eigenvalue weighted by atomic mass is 14.1. The van der Waals surface area contributed by atoms with Crippen LogP contribution in [0.5, 0.6) is 0 Å². The minimum atomic E-state index is 0.990. The summed E-state index contributed by atoms with van der Waals surface area (Å²) >= 11 is 0. The van der Waals surface area contributed by atoms with E-state index >= 15 is 0 Å². The quantitative estimate of drug-likeness (QED) is 0.460. The number of benzene rings is 3. The molecule has 0 radical (unpaired) electrons. The van der Waals surface area contributed by atoms with Crippen molar-refractivity contribution in [1.29, 1.82) is 0 Å². The average Bonchev–Trinajstić information content (AvgIpc) is 2.63. The summed E-state index contributed by atoms with van der Waals surface area (Å²) in [6.07, 6.45) is 3.04. The first-order chi connectivity index (χ1) is 12.5. The van der Waals surface area contributed by atoms with Crippen molar-refractivity contribution in [2.75, 3.05) is 0 Å². The van der Waals surface area contributed by atoms with Gasteiger partial charge in [0.15, 0.2) is 0 Å². The van der Waals surface area contributed by atoms with Gasteiger partial charge in [0.25, 0.3) is 0 Å². The highest BCUT2D eigenvalue weighted by molar-refractivity contribution is 5.66. The maximum atomic E-state index is 4.34. The zero-order valence-corrected chi connectivity index (χ0v) is 16.2. The van der Waals surface area contributed by atoms with Crippen LogP contribution in [0.15, 0.2) is 73.3 Å². The number of rotatable bonds is 6. The molecule has 0 spiro atoms. The molecule has 26 heavy (non-hydrogen) atoms. The molecule has 0 aliphatic heterocycles. The van der Waals surface area contributed by atoms with E-state index in [-0.39, 0.29) is 0 Å². The average molecular weight is 341 g/mol. The molecule has 132 valence electrons. The van der Waals surface area contributed by atoms with E-state index in [1.54, 1.807) is 0 Å². The lowest BCUT2D eigenvalue weighted by Crippen LogP contribution is -1.96. The van der Waals surface area contributed by atoms with Crippen LogP contribution in [0.4, 0.5) is 0 Å². The van der Waals surface area contributed by atoms with Gasteiger partial charge < -0.3 is 0 Å². The predicted octanol–water partition coefficient (Wildman–Crippen LogP) is 6.85. The van der Waals surface area contributed by atoms with Crippen molar-refractivity contribution in [2.24, 2.45) is 0 Å². The standard InChI is InChI=1S/C26H28/c1-19-10-14-25(21(3)16-19)18-24-13-15-26(22(4)17-24)20(2)11-12-23-8-6-5-7-9-23/h5-10,13-17H,2,11-12,18H2,1,3-4H3. The van der Waals surface area contributed by atoms with Crippen LogP contribution in [0.25, 0.3) is 5.57 Å². The smallest absolute Gasteiger partial charge is 0.00230 e. The van der Waals surface area contributed by atoms with Crippen molar-refractivity contribution in [3.05, 3.63) is 112 Å². The van der Waals surface area contributed by atoms with Crippen molar-refractivity contribution < 1.29 is 0 Å². The molecule has 0 amide bonds. The number of aryl methyl sites for hydroxylation is 4. The van der Waals surface area contributed by atoms with Crippen LogP contribution < -0.4 is 0 Å². The van der Waals surface area contributed by atoms with E-state index in [0.29, 0.717) is 0 Å². The van der Waals surface area contributed by atoms with Gasteiger partial charge in [-0.2, -0.15) is 0 Å². The summed E-state index contributed by atoms with van der Waals surface area (Å²) in [4.78, 5) is 0. The highest BCUT2D eigenvalue weighted by Gasteiger charge is 2.07. The largest absolute Gasteiger partial charge is 0.0952 e. The molecule has 0 aliphatic rings. The Labute approximate surface area is 158 Å². The van der Waals surface area contributed by atoms with Crippen LogP contribution in [-0.4, -0.2) is 0 Å². The first-order valence-corrected chi connectivity index (χ1v) is 9.40. The van der Waals surface area contributed by atoms with E-state index in [1.165, 1.54) is 44.5 Å². The second kappa shape index (κ2) is 8.19. The summed E-state index contributed by atoms with van der Waals surface area (Å²) in [7, 11) is 0. The van der Waals surface area contributed by atoms with E-state index in [1.807, 2.05) is 0 Å². The summed E-state index contributed by atoms with van der Waals surface area (Å²) in [6, 6.07) is 24.2. The van der Waals surface area contributed by atoms with Crippen LogP contribution in [0.3, 0.4) is 0 Å². The third kappa shape index (κ3) is 4.52. The molecule has 3 rings (SSSR count). The van der Waals surface area contributed by atoms with Gasteiger partial charge in [-0.1, -0.05) is 78.9 Å². The minimum absolute atomic E-state index is 0.990. The maximum absolute atomic E-state index is 4.34. The molecule has 0 N–H and O–H groups in total. The van der Waals surface area contributed by atoms with E-state index < -0.39 is 0 Å². The third-order valence-corrected chi connectivity index (χ3v) is 5.12. The summed E-state index contributed by atoms with van der Waals surface area (Å²) < 4.78 is 0. The molecule has 0 aromatic heterocycles. The lowest BCUT2D eigenvalue weighted by Gasteiger charge is -2.13. The number of hydrogen-bond donors (Lipinski definition) is 0. The normalized spacial score (nSPS) is 10.7. The van der Waals surface area contributed by atoms with Crippen LogP contribution >= 0.6 is 0 Å². The SMILES string of the molecule is C=C(CCc1ccccc1)c1ccc(Cc2ccc(C)cc2C)cc1C. The van der Waals surface area contributed by atoms with Gasteiger partial charge in [-0.05, 0) is 79.0 Å². The van der Waals surface area contributed by atoms with Gasteiger partial charge in [0.05, 0.1) is 0 Å². The highest BCUT2D eigenvalue weighted by Crippen LogP contribution is 2.24. The summed E-state index contributed by atoms with van der Waals surface area (Å²) in [5.41, 5.74) is 10.7. The molecule has 0 aliphatic carbocycles.